The average Bonchev–Trinajstić information content (AvgIpc) is 2.14. The van der Waals surface area contributed by atoms with Crippen LogP contribution < -0.4 is 11.1 Å². The van der Waals surface area contributed by atoms with E-state index in [0.29, 0.717) is 6.42 Å². The van der Waals surface area contributed by atoms with E-state index in [4.69, 9.17) is 10.8 Å². The van der Waals surface area contributed by atoms with Gasteiger partial charge in [0.1, 0.15) is 6.04 Å². The molecule has 0 spiro atoms. The van der Waals surface area contributed by atoms with Gasteiger partial charge in [0.05, 0.1) is 6.42 Å². The lowest BCUT2D eigenvalue weighted by Crippen LogP contribution is -2.45. The van der Waals surface area contributed by atoms with Crippen LogP contribution in [-0.4, -0.2) is 28.9 Å². The number of carbonyl (C=O) groups excluding carboxylic acids is 2. The SMILES string of the molecule is CCC(C)C(=O)N[C@H](CC(N)=O)C(=O)O. The Kier molecular flexibility index (Phi) is 5.36. The van der Waals surface area contributed by atoms with Crippen molar-refractivity contribution >= 4 is 17.8 Å². The van der Waals surface area contributed by atoms with Gasteiger partial charge in [-0.25, -0.2) is 4.79 Å². The summed E-state index contributed by atoms with van der Waals surface area (Å²) in [7, 11) is 0. The van der Waals surface area contributed by atoms with Gasteiger partial charge in [0.15, 0.2) is 0 Å². The molecule has 0 aromatic carbocycles. The van der Waals surface area contributed by atoms with E-state index in [0.717, 1.165) is 0 Å². The molecule has 0 fully saturated rings. The fraction of sp³-hybridized carbons (Fsp3) is 0.667. The number of hydrogen-bond acceptors (Lipinski definition) is 3. The minimum Gasteiger partial charge on any atom is -0.480 e. The van der Waals surface area contributed by atoms with Gasteiger partial charge in [-0.3, -0.25) is 9.59 Å². The third-order valence-electron chi connectivity index (χ3n) is 2.08. The molecule has 2 amide bonds. The van der Waals surface area contributed by atoms with E-state index in [-0.39, 0.29) is 11.8 Å². The number of nitrogens with one attached hydrogen (secondary N) is 1. The molecule has 0 aromatic rings. The zero-order valence-corrected chi connectivity index (χ0v) is 8.82. The van der Waals surface area contributed by atoms with Crippen LogP contribution in [0.25, 0.3) is 0 Å². The Labute approximate surface area is 87.8 Å². The molecular weight excluding hydrogens is 200 g/mol. The lowest BCUT2D eigenvalue weighted by atomic mass is 10.1. The quantitative estimate of drug-likeness (QED) is 0.554. The fourth-order valence-electron chi connectivity index (χ4n) is 0.901. The number of amides is 2. The molecule has 0 bridgehead atoms. The van der Waals surface area contributed by atoms with Crippen molar-refractivity contribution in [2.75, 3.05) is 0 Å². The number of nitrogens with two attached hydrogens (primary N) is 1. The first kappa shape index (κ1) is 13.4. The lowest BCUT2D eigenvalue weighted by Gasteiger charge is -2.15. The molecular formula is C9H16N2O4. The van der Waals surface area contributed by atoms with Gasteiger partial charge < -0.3 is 16.2 Å². The zero-order valence-electron chi connectivity index (χ0n) is 8.82. The summed E-state index contributed by atoms with van der Waals surface area (Å²) in [6, 6.07) is -1.23. The van der Waals surface area contributed by atoms with E-state index in [1.54, 1.807) is 6.92 Å². The molecule has 0 aliphatic rings. The first-order valence-corrected chi connectivity index (χ1v) is 4.70. The second kappa shape index (κ2) is 6.00. The van der Waals surface area contributed by atoms with Crippen molar-refractivity contribution in [3.05, 3.63) is 0 Å². The fourth-order valence-corrected chi connectivity index (χ4v) is 0.901. The Balaban J connectivity index is 4.35. The monoisotopic (exact) mass is 216 g/mol. The van der Waals surface area contributed by atoms with E-state index in [9.17, 15) is 14.4 Å². The first-order chi connectivity index (χ1) is 6.88. The number of hydrogen-bond donors (Lipinski definition) is 3. The van der Waals surface area contributed by atoms with E-state index in [1.165, 1.54) is 0 Å². The van der Waals surface area contributed by atoms with Gasteiger partial charge in [0, 0.05) is 5.92 Å². The summed E-state index contributed by atoms with van der Waals surface area (Å²) in [6.07, 6.45) is 0.215. The molecule has 15 heavy (non-hydrogen) atoms. The summed E-state index contributed by atoms with van der Waals surface area (Å²) in [4.78, 5) is 32.5. The molecule has 6 nitrogen and oxygen atoms in total. The Bertz CT molecular complexity index is 265. The highest BCUT2D eigenvalue weighted by molar-refractivity contribution is 5.88. The smallest absolute Gasteiger partial charge is 0.326 e. The molecule has 0 saturated heterocycles. The van der Waals surface area contributed by atoms with Crippen molar-refractivity contribution in [2.45, 2.75) is 32.7 Å². The largest absolute Gasteiger partial charge is 0.480 e. The summed E-state index contributed by atoms with van der Waals surface area (Å²) >= 11 is 0. The Morgan fingerprint density at radius 2 is 1.93 bits per heavy atom. The molecule has 0 radical (unpaired) electrons. The number of carboxylic acids is 1. The molecule has 1 unspecified atom stereocenters. The predicted molar refractivity (Wildman–Crippen MR) is 52.8 cm³/mol. The van der Waals surface area contributed by atoms with Crippen molar-refractivity contribution in [3.8, 4) is 0 Å². The molecule has 6 heteroatoms. The number of rotatable bonds is 6. The Morgan fingerprint density at radius 1 is 1.40 bits per heavy atom. The predicted octanol–water partition coefficient (Wildman–Crippen LogP) is -0.523. The molecule has 0 rings (SSSR count). The maximum Gasteiger partial charge on any atom is 0.326 e. The van der Waals surface area contributed by atoms with Crippen molar-refractivity contribution < 1.29 is 19.5 Å². The number of aliphatic carboxylic acids is 1. The standard InChI is InChI=1S/C9H16N2O4/c1-3-5(2)8(13)11-6(9(14)15)4-7(10)12/h5-6H,3-4H2,1-2H3,(H2,10,12)(H,11,13)(H,14,15)/t5?,6-/m1/s1. The van der Waals surface area contributed by atoms with E-state index in [2.05, 4.69) is 5.32 Å². The van der Waals surface area contributed by atoms with Gasteiger partial charge in [-0.1, -0.05) is 13.8 Å². The number of carboxylic acid groups (broad SMARTS) is 1. The normalized spacial score (nSPS) is 14.0. The first-order valence-electron chi connectivity index (χ1n) is 4.70. The van der Waals surface area contributed by atoms with Crippen LogP contribution in [0.2, 0.25) is 0 Å². The molecule has 0 heterocycles. The van der Waals surface area contributed by atoms with Gasteiger partial charge in [0.2, 0.25) is 11.8 Å². The van der Waals surface area contributed by atoms with E-state index < -0.39 is 24.3 Å². The number of carbonyl (C=O) groups is 3. The van der Waals surface area contributed by atoms with Gasteiger partial charge in [-0.2, -0.15) is 0 Å². The van der Waals surface area contributed by atoms with Crippen LogP contribution in [-0.2, 0) is 14.4 Å². The third-order valence-corrected chi connectivity index (χ3v) is 2.08. The van der Waals surface area contributed by atoms with E-state index in [1.807, 2.05) is 6.92 Å². The summed E-state index contributed by atoms with van der Waals surface area (Å²) in [6.45, 7) is 3.49. The highest BCUT2D eigenvalue weighted by Gasteiger charge is 2.23. The van der Waals surface area contributed by atoms with Crippen LogP contribution in [0.4, 0.5) is 0 Å². The maximum atomic E-state index is 11.3. The summed E-state index contributed by atoms with van der Waals surface area (Å²) in [5.74, 6) is -2.68. The molecule has 0 aliphatic heterocycles. The lowest BCUT2D eigenvalue weighted by molar-refractivity contribution is -0.143. The van der Waals surface area contributed by atoms with E-state index >= 15 is 0 Å². The number of primary amides is 1. The summed E-state index contributed by atoms with van der Waals surface area (Å²) < 4.78 is 0. The van der Waals surface area contributed by atoms with Crippen molar-refractivity contribution in [1.29, 1.82) is 0 Å². The highest BCUT2D eigenvalue weighted by Crippen LogP contribution is 2.02. The van der Waals surface area contributed by atoms with Crippen LogP contribution in [0.3, 0.4) is 0 Å². The molecule has 86 valence electrons. The minimum absolute atomic E-state index is 0.278. The summed E-state index contributed by atoms with van der Waals surface area (Å²) in [5.41, 5.74) is 4.86. The van der Waals surface area contributed by atoms with Gasteiger partial charge in [-0.05, 0) is 6.42 Å². The molecule has 4 N–H and O–H groups in total. The molecule has 0 aromatic heterocycles. The average molecular weight is 216 g/mol. The topological polar surface area (TPSA) is 109 Å². The molecule has 0 aliphatic carbocycles. The van der Waals surface area contributed by atoms with Crippen molar-refractivity contribution in [2.24, 2.45) is 11.7 Å². The summed E-state index contributed by atoms with van der Waals surface area (Å²) in [5, 5.41) is 11.0. The highest BCUT2D eigenvalue weighted by atomic mass is 16.4. The van der Waals surface area contributed by atoms with Gasteiger partial charge >= 0.3 is 5.97 Å². The molecule has 0 saturated carbocycles. The Hall–Kier alpha value is -1.59. The van der Waals surface area contributed by atoms with Gasteiger partial charge in [0.25, 0.3) is 0 Å². The van der Waals surface area contributed by atoms with Crippen LogP contribution in [0.1, 0.15) is 26.7 Å². The van der Waals surface area contributed by atoms with Crippen LogP contribution in [0.15, 0.2) is 0 Å². The second-order valence-corrected chi connectivity index (χ2v) is 3.38. The third kappa shape index (κ3) is 4.99. The Morgan fingerprint density at radius 3 is 2.27 bits per heavy atom. The zero-order chi connectivity index (χ0) is 12.0. The van der Waals surface area contributed by atoms with Crippen molar-refractivity contribution in [1.82, 2.24) is 5.32 Å². The van der Waals surface area contributed by atoms with Crippen molar-refractivity contribution in [3.63, 3.8) is 0 Å². The van der Waals surface area contributed by atoms with Crippen LogP contribution in [0, 0.1) is 5.92 Å². The maximum absolute atomic E-state index is 11.3. The van der Waals surface area contributed by atoms with Crippen LogP contribution >= 0.6 is 0 Å². The van der Waals surface area contributed by atoms with Crippen LogP contribution in [0.5, 0.6) is 0 Å². The van der Waals surface area contributed by atoms with Gasteiger partial charge in [-0.15, -0.1) is 0 Å². The minimum atomic E-state index is -1.26. The second-order valence-electron chi connectivity index (χ2n) is 3.38. The molecule has 2 atom stereocenters.